The lowest BCUT2D eigenvalue weighted by molar-refractivity contribution is -0.138. The fraction of sp³-hybridized carbons (Fsp3) is 0.545. The molecule has 0 bridgehead atoms. The summed E-state index contributed by atoms with van der Waals surface area (Å²) in [5.41, 5.74) is -0.254. The third-order valence-corrected chi connectivity index (χ3v) is 3.43. The third kappa shape index (κ3) is 2.89. The Kier molecular flexibility index (Phi) is 4.33. The molecule has 1 saturated heterocycles. The molecule has 0 radical (unpaired) electrons. The predicted octanol–water partition coefficient (Wildman–Crippen LogP) is 0.268. The van der Waals surface area contributed by atoms with Crippen LogP contribution in [0.2, 0.25) is 0 Å². The molecule has 2 rings (SSSR count). The van der Waals surface area contributed by atoms with Gasteiger partial charge in [0.1, 0.15) is 6.04 Å². The highest BCUT2D eigenvalue weighted by Crippen LogP contribution is 2.09. The van der Waals surface area contributed by atoms with E-state index in [0.29, 0.717) is 26.3 Å². The summed E-state index contributed by atoms with van der Waals surface area (Å²) in [6.45, 7) is 3.94. The van der Waals surface area contributed by atoms with Crippen LogP contribution < -0.4 is 5.56 Å². The van der Waals surface area contributed by atoms with Crippen LogP contribution in [0.1, 0.15) is 13.0 Å². The fourth-order valence-electron chi connectivity index (χ4n) is 1.84. The van der Waals surface area contributed by atoms with Gasteiger partial charge in [0.2, 0.25) is 5.91 Å². The zero-order valence-electron chi connectivity index (χ0n) is 10.0. The smallest absolute Gasteiger partial charge is 0.268 e. The van der Waals surface area contributed by atoms with Crippen LogP contribution in [0.4, 0.5) is 0 Å². The Labute approximate surface area is 118 Å². The first kappa shape index (κ1) is 13.5. The van der Waals surface area contributed by atoms with Crippen LogP contribution in [0.15, 0.2) is 17.1 Å². The van der Waals surface area contributed by atoms with Crippen molar-refractivity contribution in [2.75, 3.05) is 26.3 Å². The zero-order chi connectivity index (χ0) is 13.1. The first-order chi connectivity index (χ1) is 8.59. The Balaban J connectivity index is 2.17. The van der Waals surface area contributed by atoms with Crippen molar-refractivity contribution in [3.8, 4) is 0 Å². The molecule has 0 N–H and O–H groups in total. The van der Waals surface area contributed by atoms with Crippen molar-refractivity contribution in [3.63, 3.8) is 0 Å². The Morgan fingerprint density at radius 1 is 1.50 bits per heavy atom. The average molecular weight is 363 g/mol. The summed E-state index contributed by atoms with van der Waals surface area (Å²) < 4.78 is 7.18. The number of rotatable bonds is 2. The summed E-state index contributed by atoms with van der Waals surface area (Å²) in [5.74, 6) is -0.0888. The number of nitrogens with zero attached hydrogens (tertiary/aromatic N) is 3. The van der Waals surface area contributed by atoms with Crippen LogP contribution in [0.5, 0.6) is 0 Å². The van der Waals surface area contributed by atoms with Gasteiger partial charge in [-0.3, -0.25) is 9.59 Å². The van der Waals surface area contributed by atoms with E-state index in [0.717, 1.165) is 3.57 Å². The topological polar surface area (TPSA) is 64.4 Å². The minimum absolute atomic E-state index is 0.0888. The second-order valence-electron chi connectivity index (χ2n) is 4.07. The molecule has 1 atom stereocenters. The van der Waals surface area contributed by atoms with Crippen LogP contribution in [-0.2, 0) is 9.53 Å². The van der Waals surface area contributed by atoms with Gasteiger partial charge in [0.15, 0.2) is 0 Å². The monoisotopic (exact) mass is 363 g/mol. The van der Waals surface area contributed by atoms with E-state index in [1.54, 1.807) is 18.0 Å². The van der Waals surface area contributed by atoms with Gasteiger partial charge in [0, 0.05) is 22.7 Å². The number of ether oxygens (including phenoxy) is 1. The normalized spacial score (nSPS) is 17.6. The van der Waals surface area contributed by atoms with Crippen LogP contribution in [0.3, 0.4) is 0 Å². The molecular formula is C11H14IN3O3. The molecule has 1 aromatic rings. The predicted molar refractivity (Wildman–Crippen MR) is 73.3 cm³/mol. The van der Waals surface area contributed by atoms with Crippen molar-refractivity contribution in [1.29, 1.82) is 0 Å². The van der Waals surface area contributed by atoms with Crippen LogP contribution >= 0.6 is 22.6 Å². The molecule has 98 valence electrons. The van der Waals surface area contributed by atoms with Gasteiger partial charge in [0.25, 0.3) is 5.56 Å². The van der Waals surface area contributed by atoms with Gasteiger partial charge in [-0.2, -0.15) is 5.10 Å². The largest absolute Gasteiger partial charge is 0.378 e. The minimum atomic E-state index is -0.576. The van der Waals surface area contributed by atoms with Crippen molar-refractivity contribution in [1.82, 2.24) is 14.7 Å². The van der Waals surface area contributed by atoms with E-state index >= 15 is 0 Å². The lowest BCUT2D eigenvalue weighted by Crippen LogP contribution is -2.45. The van der Waals surface area contributed by atoms with E-state index in [4.69, 9.17) is 4.74 Å². The lowest BCUT2D eigenvalue weighted by Gasteiger charge is -2.29. The first-order valence-electron chi connectivity index (χ1n) is 5.70. The number of amides is 1. The molecule has 6 nitrogen and oxygen atoms in total. The van der Waals surface area contributed by atoms with Gasteiger partial charge in [-0.1, -0.05) is 0 Å². The van der Waals surface area contributed by atoms with Crippen molar-refractivity contribution in [3.05, 3.63) is 26.2 Å². The minimum Gasteiger partial charge on any atom is -0.378 e. The van der Waals surface area contributed by atoms with E-state index in [1.807, 2.05) is 22.6 Å². The zero-order valence-corrected chi connectivity index (χ0v) is 12.2. The number of aromatic nitrogens is 2. The summed E-state index contributed by atoms with van der Waals surface area (Å²) in [6, 6.07) is 0.893. The van der Waals surface area contributed by atoms with Gasteiger partial charge in [-0.05, 0) is 29.5 Å². The van der Waals surface area contributed by atoms with Crippen molar-refractivity contribution in [2.24, 2.45) is 0 Å². The highest BCUT2D eigenvalue weighted by atomic mass is 127. The molecule has 1 aliphatic heterocycles. The molecule has 0 aromatic carbocycles. The standard InChI is InChI=1S/C11H14IN3O3/c1-8(11(17)14-2-4-18-5-3-14)15-10(16)6-9(12)7-13-15/h6-8H,2-5H2,1H3. The summed E-state index contributed by atoms with van der Waals surface area (Å²) in [6.07, 6.45) is 1.57. The molecule has 1 aliphatic rings. The molecule has 1 amide bonds. The second kappa shape index (κ2) is 5.79. The van der Waals surface area contributed by atoms with E-state index in [1.165, 1.54) is 10.7 Å². The van der Waals surface area contributed by atoms with Crippen molar-refractivity contribution in [2.45, 2.75) is 13.0 Å². The van der Waals surface area contributed by atoms with Gasteiger partial charge >= 0.3 is 0 Å². The quantitative estimate of drug-likeness (QED) is 0.708. The number of halogens is 1. The highest BCUT2D eigenvalue weighted by Gasteiger charge is 2.24. The van der Waals surface area contributed by atoms with Gasteiger partial charge in [-0.15, -0.1) is 0 Å². The Hall–Kier alpha value is -0.960. The molecule has 0 saturated carbocycles. The molecule has 7 heteroatoms. The number of hydrogen-bond acceptors (Lipinski definition) is 4. The van der Waals surface area contributed by atoms with E-state index in [2.05, 4.69) is 5.10 Å². The van der Waals surface area contributed by atoms with E-state index < -0.39 is 6.04 Å². The average Bonchev–Trinajstić information content (AvgIpc) is 2.38. The van der Waals surface area contributed by atoms with Gasteiger partial charge in [0.05, 0.1) is 19.4 Å². The number of hydrogen-bond donors (Lipinski definition) is 0. The molecule has 1 aromatic heterocycles. The molecular weight excluding hydrogens is 349 g/mol. The maximum Gasteiger partial charge on any atom is 0.268 e. The Morgan fingerprint density at radius 2 is 2.17 bits per heavy atom. The highest BCUT2D eigenvalue weighted by molar-refractivity contribution is 14.1. The molecule has 18 heavy (non-hydrogen) atoms. The number of carbonyl (C=O) groups excluding carboxylic acids is 1. The third-order valence-electron chi connectivity index (χ3n) is 2.84. The maximum absolute atomic E-state index is 12.2. The number of carbonyl (C=O) groups is 1. The summed E-state index contributed by atoms with van der Waals surface area (Å²) in [5, 5.41) is 4.01. The SMILES string of the molecule is CC(C(=O)N1CCOCC1)n1ncc(I)cc1=O. The maximum atomic E-state index is 12.2. The fourth-order valence-corrected chi connectivity index (χ4v) is 2.23. The molecule has 1 unspecified atom stereocenters. The van der Waals surface area contributed by atoms with Crippen LogP contribution in [-0.4, -0.2) is 46.9 Å². The van der Waals surface area contributed by atoms with Crippen LogP contribution in [0, 0.1) is 3.57 Å². The number of morpholine rings is 1. The summed E-state index contributed by atoms with van der Waals surface area (Å²) in [4.78, 5) is 25.7. The Morgan fingerprint density at radius 3 is 2.78 bits per heavy atom. The molecule has 0 aliphatic carbocycles. The Bertz CT molecular complexity index is 497. The first-order valence-corrected chi connectivity index (χ1v) is 6.78. The molecule has 0 spiro atoms. The van der Waals surface area contributed by atoms with E-state index in [9.17, 15) is 9.59 Å². The second-order valence-corrected chi connectivity index (χ2v) is 5.32. The van der Waals surface area contributed by atoms with Gasteiger partial charge in [-0.25, -0.2) is 4.68 Å². The van der Waals surface area contributed by atoms with Crippen molar-refractivity contribution < 1.29 is 9.53 Å². The van der Waals surface area contributed by atoms with Crippen molar-refractivity contribution >= 4 is 28.5 Å². The van der Waals surface area contributed by atoms with Crippen LogP contribution in [0.25, 0.3) is 0 Å². The summed E-state index contributed by atoms with van der Waals surface area (Å²) >= 11 is 2.02. The molecule has 1 fully saturated rings. The summed E-state index contributed by atoms with van der Waals surface area (Å²) in [7, 11) is 0. The van der Waals surface area contributed by atoms with E-state index in [-0.39, 0.29) is 11.5 Å². The molecule has 2 heterocycles. The van der Waals surface area contributed by atoms with Gasteiger partial charge < -0.3 is 9.64 Å². The lowest BCUT2D eigenvalue weighted by atomic mass is 10.2.